The van der Waals surface area contributed by atoms with E-state index in [1.165, 1.54) is 39.0 Å². The number of fused-ring (bicyclic) bond motifs is 5. The highest BCUT2D eigenvalue weighted by Gasteiger charge is 2.58. The number of rotatable bonds is 4. The number of allylic oxidation sites excluding steroid dienone is 2. The standard InChI is InChI=1S/C30H41N3O3/c1-18(34)31-20-10-8-19(9-11-20)28(2,3)33-27(36)22-17-30(5)24-14-16-29(4)15-6-7-23(29)21(24)12-13-25(30)32-26(22)35/h8-11,13,21-24H,6-7,12,14-17H2,1-5H3,(H,31,34)(H,32,35)(H,33,36)/t21-,22?,23-,24+,29-,30+/m0/s1. The molecule has 6 heteroatoms. The summed E-state index contributed by atoms with van der Waals surface area (Å²) < 4.78 is 0. The number of hydrogen-bond acceptors (Lipinski definition) is 3. The second kappa shape index (κ2) is 8.74. The average molecular weight is 492 g/mol. The first-order valence-electron chi connectivity index (χ1n) is 13.6. The van der Waals surface area contributed by atoms with Crippen LogP contribution in [0.3, 0.4) is 0 Å². The molecule has 0 aromatic heterocycles. The van der Waals surface area contributed by atoms with Crippen LogP contribution >= 0.6 is 0 Å². The molecule has 0 radical (unpaired) electrons. The Labute approximate surface area is 215 Å². The summed E-state index contributed by atoms with van der Waals surface area (Å²) in [4.78, 5) is 38.0. The van der Waals surface area contributed by atoms with Crippen molar-refractivity contribution in [3.8, 4) is 0 Å². The van der Waals surface area contributed by atoms with Crippen molar-refractivity contribution in [1.82, 2.24) is 10.6 Å². The highest BCUT2D eigenvalue weighted by molar-refractivity contribution is 6.02. The van der Waals surface area contributed by atoms with Crippen LogP contribution in [0.15, 0.2) is 36.0 Å². The Kier molecular flexibility index (Phi) is 6.08. The van der Waals surface area contributed by atoms with Crippen molar-refractivity contribution in [3.63, 3.8) is 0 Å². The fraction of sp³-hybridized carbons (Fsp3) is 0.633. The summed E-state index contributed by atoms with van der Waals surface area (Å²) in [5, 5.41) is 9.09. The SMILES string of the molecule is CC(=O)Nc1ccc(C(C)(C)NC(=O)C2C[C@@]3(C)C(=CC[C@@H]4[C@H]3CC[C@]3(C)CCC[C@@H]43)NC2=O)cc1. The van der Waals surface area contributed by atoms with Crippen LogP contribution in [-0.2, 0) is 19.9 Å². The van der Waals surface area contributed by atoms with Crippen LogP contribution < -0.4 is 16.0 Å². The normalized spacial score (nSPS) is 35.5. The van der Waals surface area contributed by atoms with Gasteiger partial charge in [-0.15, -0.1) is 0 Å². The van der Waals surface area contributed by atoms with Gasteiger partial charge in [0.2, 0.25) is 17.7 Å². The number of carbonyl (C=O) groups is 3. The molecule has 194 valence electrons. The van der Waals surface area contributed by atoms with E-state index in [9.17, 15) is 14.4 Å². The third-order valence-electron chi connectivity index (χ3n) is 10.1. The topological polar surface area (TPSA) is 87.3 Å². The van der Waals surface area contributed by atoms with Crippen molar-refractivity contribution in [2.45, 2.75) is 85.1 Å². The largest absolute Gasteiger partial charge is 0.346 e. The van der Waals surface area contributed by atoms with Gasteiger partial charge in [-0.1, -0.05) is 38.5 Å². The van der Waals surface area contributed by atoms with Crippen LogP contribution in [0.4, 0.5) is 5.69 Å². The zero-order chi connectivity index (χ0) is 25.9. The van der Waals surface area contributed by atoms with Crippen LogP contribution in [0, 0.1) is 34.5 Å². The van der Waals surface area contributed by atoms with Gasteiger partial charge in [0.25, 0.3) is 0 Å². The van der Waals surface area contributed by atoms with Crippen LogP contribution in [0.5, 0.6) is 0 Å². The summed E-state index contributed by atoms with van der Waals surface area (Å²) in [6.45, 7) is 10.2. The molecule has 3 N–H and O–H groups in total. The summed E-state index contributed by atoms with van der Waals surface area (Å²) in [5.74, 6) is 0.688. The van der Waals surface area contributed by atoms with E-state index in [0.29, 0.717) is 29.4 Å². The van der Waals surface area contributed by atoms with E-state index in [2.05, 4.69) is 35.9 Å². The van der Waals surface area contributed by atoms with Crippen molar-refractivity contribution in [1.29, 1.82) is 0 Å². The Morgan fingerprint density at radius 3 is 2.47 bits per heavy atom. The molecule has 1 aromatic carbocycles. The zero-order valence-corrected chi connectivity index (χ0v) is 22.4. The lowest BCUT2D eigenvalue weighted by molar-refractivity contribution is -0.141. The molecule has 1 aliphatic heterocycles. The first-order chi connectivity index (χ1) is 16.9. The minimum Gasteiger partial charge on any atom is -0.346 e. The molecular formula is C30H41N3O3. The van der Waals surface area contributed by atoms with Crippen LogP contribution in [0.2, 0.25) is 0 Å². The Bertz CT molecular complexity index is 1110. The van der Waals surface area contributed by atoms with Crippen molar-refractivity contribution in [2.24, 2.45) is 34.5 Å². The predicted octanol–water partition coefficient (Wildman–Crippen LogP) is 5.26. The number of anilines is 1. The smallest absolute Gasteiger partial charge is 0.236 e. The van der Waals surface area contributed by atoms with Crippen molar-refractivity contribution in [2.75, 3.05) is 5.32 Å². The molecule has 0 bridgehead atoms. The molecule has 0 spiro atoms. The predicted molar refractivity (Wildman–Crippen MR) is 141 cm³/mol. The molecular weight excluding hydrogens is 450 g/mol. The van der Waals surface area contributed by atoms with E-state index < -0.39 is 11.5 Å². The highest BCUT2D eigenvalue weighted by atomic mass is 16.2. The number of benzene rings is 1. The third-order valence-corrected chi connectivity index (χ3v) is 10.1. The fourth-order valence-electron chi connectivity index (χ4n) is 8.13. The molecule has 1 aromatic rings. The number of carbonyl (C=O) groups excluding carboxylic acids is 3. The van der Waals surface area contributed by atoms with Gasteiger partial charge in [-0.05, 0) is 93.2 Å². The maximum atomic E-state index is 13.6. The molecule has 2 saturated carbocycles. The summed E-state index contributed by atoms with van der Waals surface area (Å²) in [5.41, 5.74) is 2.31. The Morgan fingerprint density at radius 1 is 1.06 bits per heavy atom. The van der Waals surface area contributed by atoms with E-state index in [-0.39, 0.29) is 23.1 Å². The van der Waals surface area contributed by atoms with Crippen LogP contribution in [-0.4, -0.2) is 17.7 Å². The van der Waals surface area contributed by atoms with Gasteiger partial charge in [-0.3, -0.25) is 14.4 Å². The quantitative estimate of drug-likeness (QED) is 0.502. The van der Waals surface area contributed by atoms with Crippen molar-refractivity contribution in [3.05, 3.63) is 41.6 Å². The Hall–Kier alpha value is -2.63. The maximum absolute atomic E-state index is 13.6. The molecule has 6 atom stereocenters. The summed E-state index contributed by atoms with van der Waals surface area (Å²) in [6, 6.07) is 7.47. The third kappa shape index (κ3) is 4.16. The minimum absolute atomic E-state index is 0.124. The van der Waals surface area contributed by atoms with E-state index in [0.717, 1.165) is 23.6 Å². The van der Waals surface area contributed by atoms with Crippen LogP contribution in [0.25, 0.3) is 0 Å². The molecule has 3 amide bonds. The molecule has 36 heavy (non-hydrogen) atoms. The molecule has 3 aliphatic carbocycles. The second-order valence-electron chi connectivity index (χ2n) is 12.9. The van der Waals surface area contributed by atoms with Gasteiger partial charge < -0.3 is 16.0 Å². The number of piperidine rings is 1. The Morgan fingerprint density at radius 2 is 1.78 bits per heavy atom. The molecule has 1 heterocycles. The maximum Gasteiger partial charge on any atom is 0.236 e. The number of hydrogen-bond donors (Lipinski definition) is 3. The second-order valence-corrected chi connectivity index (χ2v) is 12.9. The Balaban J connectivity index is 1.33. The van der Waals surface area contributed by atoms with Gasteiger partial charge in [0, 0.05) is 23.7 Å². The van der Waals surface area contributed by atoms with E-state index >= 15 is 0 Å². The van der Waals surface area contributed by atoms with E-state index in [1.807, 2.05) is 38.1 Å². The first-order valence-corrected chi connectivity index (χ1v) is 13.6. The zero-order valence-electron chi connectivity index (χ0n) is 22.4. The van der Waals surface area contributed by atoms with Crippen LogP contribution in [0.1, 0.15) is 85.1 Å². The van der Waals surface area contributed by atoms with Gasteiger partial charge in [0.1, 0.15) is 5.92 Å². The van der Waals surface area contributed by atoms with E-state index in [4.69, 9.17) is 0 Å². The molecule has 6 nitrogen and oxygen atoms in total. The van der Waals surface area contributed by atoms with Gasteiger partial charge in [-0.25, -0.2) is 0 Å². The summed E-state index contributed by atoms with van der Waals surface area (Å²) >= 11 is 0. The number of nitrogens with one attached hydrogen (secondary N) is 3. The average Bonchev–Trinajstić information content (AvgIpc) is 3.20. The summed E-state index contributed by atoms with van der Waals surface area (Å²) in [7, 11) is 0. The first kappa shape index (κ1) is 25.0. The molecule has 1 saturated heterocycles. The monoisotopic (exact) mass is 491 g/mol. The van der Waals surface area contributed by atoms with Gasteiger partial charge in [0.05, 0.1) is 5.54 Å². The lowest BCUT2D eigenvalue weighted by Gasteiger charge is -2.57. The fourth-order valence-corrected chi connectivity index (χ4v) is 8.13. The van der Waals surface area contributed by atoms with Gasteiger partial charge >= 0.3 is 0 Å². The van der Waals surface area contributed by atoms with E-state index in [1.54, 1.807) is 0 Å². The molecule has 1 unspecified atom stereocenters. The van der Waals surface area contributed by atoms with Gasteiger partial charge in [0.15, 0.2) is 0 Å². The van der Waals surface area contributed by atoms with Crippen molar-refractivity contribution < 1.29 is 14.4 Å². The molecule has 3 fully saturated rings. The summed E-state index contributed by atoms with van der Waals surface area (Å²) in [6.07, 6.45) is 10.3. The molecule has 4 aliphatic rings. The highest BCUT2D eigenvalue weighted by Crippen LogP contribution is 2.64. The lowest BCUT2D eigenvalue weighted by atomic mass is 9.49. The lowest BCUT2D eigenvalue weighted by Crippen LogP contribution is -2.58. The molecule has 5 rings (SSSR count). The number of amides is 3. The van der Waals surface area contributed by atoms with Crippen molar-refractivity contribution >= 4 is 23.4 Å². The minimum atomic E-state index is -0.708. The van der Waals surface area contributed by atoms with Gasteiger partial charge in [-0.2, -0.15) is 0 Å².